The summed E-state index contributed by atoms with van der Waals surface area (Å²) in [4.78, 5) is 29.7. The van der Waals surface area contributed by atoms with Crippen LogP contribution in [0.3, 0.4) is 0 Å². The molecular formula is C13H17N3O2S. The van der Waals surface area contributed by atoms with Crippen molar-refractivity contribution in [3.05, 3.63) is 16.1 Å². The predicted octanol–water partition coefficient (Wildman–Crippen LogP) is 1.19. The zero-order chi connectivity index (χ0) is 13.5. The maximum atomic E-state index is 12.3. The number of nitrogens with one attached hydrogen (secondary N) is 1. The van der Waals surface area contributed by atoms with E-state index >= 15 is 0 Å². The average molecular weight is 279 g/mol. The topological polar surface area (TPSA) is 62.3 Å². The molecular weight excluding hydrogens is 262 g/mol. The Kier molecular flexibility index (Phi) is 3.05. The van der Waals surface area contributed by atoms with Crippen molar-refractivity contribution < 1.29 is 9.59 Å². The van der Waals surface area contributed by atoms with Gasteiger partial charge in [-0.05, 0) is 25.2 Å². The number of piperidine rings is 1. The minimum atomic E-state index is 0.0245. The minimum Gasteiger partial charge on any atom is -0.356 e. The molecule has 3 rings (SSSR count). The zero-order valence-electron chi connectivity index (χ0n) is 10.9. The molecule has 1 aromatic heterocycles. The van der Waals surface area contributed by atoms with Gasteiger partial charge in [-0.2, -0.15) is 0 Å². The van der Waals surface area contributed by atoms with E-state index in [1.807, 2.05) is 17.2 Å². The number of carbonyl (C=O) groups excluding carboxylic acids is 2. The first kappa shape index (κ1) is 12.6. The van der Waals surface area contributed by atoms with Crippen LogP contribution >= 0.6 is 11.3 Å². The summed E-state index contributed by atoms with van der Waals surface area (Å²) in [6.45, 7) is 4.13. The van der Waals surface area contributed by atoms with Crippen molar-refractivity contribution in [2.24, 2.45) is 5.41 Å². The molecule has 0 atom stereocenters. The molecule has 102 valence electrons. The number of rotatable bonds is 1. The Bertz CT molecular complexity index is 518. The van der Waals surface area contributed by atoms with Crippen molar-refractivity contribution in [2.75, 3.05) is 19.6 Å². The molecule has 3 heterocycles. The fourth-order valence-electron chi connectivity index (χ4n) is 2.91. The SMILES string of the molecule is Cc1nc(C(=O)N2CCC3(CC2)CNC(=O)C3)cs1. The van der Waals surface area contributed by atoms with Crippen molar-refractivity contribution in [3.8, 4) is 0 Å². The van der Waals surface area contributed by atoms with E-state index in [-0.39, 0.29) is 17.2 Å². The molecule has 6 heteroatoms. The van der Waals surface area contributed by atoms with Gasteiger partial charge in [0.05, 0.1) is 5.01 Å². The van der Waals surface area contributed by atoms with E-state index in [0.29, 0.717) is 12.1 Å². The van der Waals surface area contributed by atoms with Crippen molar-refractivity contribution >= 4 is 23.2 Å². The van der Waals surface area contributed by atoms with Gasteiger partial charge in [0.2, 0.25) is 5.91 Å². The average Bonchev–Trinajstić information content (AvgIpc) is 2.97. The van der Waals surface area contributed by atoms with E-state index in [9.17, 15) is 9.59 Å². The Morgan fingerprint density at radius 1 is 1.47 bits per heavy atom. The number of thiazole rings is 1. The molecule has 0 saturated carbocycles. The molecule has 5 nitrogen and oxygen atoms in total. The van der Waals surface area contributed by atoms with E-state index < -0.39 is 0 Å². The zero-order valence-corrected chi connectivity index (χ0v) is 11.8. The molecule has 2 amide bonds. The summed E-state index contributed by atoms with van der Waals surface area (Å²) < 4.78 is 0. The van der Waals surface area contributed by atoms with Gasteiger partial charge in [-0.15, -0.1) is 11.3 Å². The van der Waals surface area contributed by atoms with Gasteiger partial charge in [0.15, 0.2) is 0 Å². The van der Waals surface area contributed by atoms with Crippen LogP contribution in [0.5, 0.6) is 0 Å². The molecule has 2 aliphatic rings. The molecule has 0 unspecified atom stereocenters. The molecule has 1 aromatic rings. The number of nitrogens with zero attached hydrogens (tertiary/aromatic N) is 2. The van der Waals surface area contributed by atoms with Crippen LogP contribution in [0.1, 0.15) is 34.8 Å². The van der Waals surface area contributed by atoms with E-state index in [1.54, 1.807) is 0 Å². The summed E-state index contributed by atoms with van der Waals surface area (Å²) in [5, 5.41) is 5.65. The summed E-state index contributed by atoms with van der Waals surface area (Å²) >= 11 is 1.50. The smallest absolute Gasteiger partial charge is 0.273 e. The first-order chi connectivity index (χ1) is 9.08. The summed E-state index contributed by atoms with van der Waals surface area (Å²) in [6, 6.07) is 0. The molecule has 1 spiro atoms. The molecule has 0 aliphatic carbocycles. The van der Waals surface area contributed by atoms with Crippen LogP contribution in [0.2, 0.25) is 0 Å². The second-order valence-corrected chi connectivity index (χ2v) is 6.56. The van der Waals surface area contributed by atoms with Crippen LogP contribution in [-0.2, 0) is 4.79 Å². The molecule has 0 aromatic carbocycles. The largest absolute Gasteiger partial charge is 0.356 e. The lowest BCUT2D eigenvalue weighted by molar-refractivity contribution is -0.119. The fraction of sp³-hybridized carbons (Fsp3) is 0.615. The number of amides is 2. The number of hydrogen-bond donors (Lipinski definition) is 1. The highest BCUT2D eigenvalue weighted by Crippen LogP contribution is 2.37. The highest BCUT2D eigenvalue weighted by atomic mass is 32.1. The summed E-state index contributed by atoms with van der Waals surface area (Å²) in [7, 11) is 0. The highest BCUT2D eigenvalue weighted by Gasteiger charge is 2.41. The summed E-state index contributed by atoms with van der Waals surface area (Å²) in [5.74, 6) is 0.173. The van der Waals surface area contributed by atoms with Crippen molar-refractivity contribution in [2.45, 2.75) is 26.2 Å². The molecule has 1 N–H and O–H groups in total. The number of likely N-dealkylation sites (tertiary alicyclic amines) is 1. The monoisotopic (exact) mass is 279 g/mol. The maximum Gasteiger partial charge on any atom is 0.273 e. The van der Waals surface area contributed by atoms with Crippen molar-refractivity contribution in [1.29, 1.82) is 0 Å². The third-order valence-electron chi connectivity index (χ3n) is 4.15. The van der Waals surface area contributed by atoms with Gasteiger partial charge in [0.1, 0.15) is 5.69 Å². The van der Waals surface area contributed by atoms with Gasteiger partial charge < -0.3 is 10.2 Å². The molecule has 2 saturated heterocycles. The standard InChI is InChI=1S/C13H17N3O2S/c1-9-15-10(7-19-9)12(18)16-4-2-13(3-5-16)6-11(17)14-8-13/h7H,2-6,8H2,1H3,(H,14,17). The molecule has 2 fully saturated rings. The Morgan fingerprint density at radius 2 is 2.21 bits per heavy atom. The first-order valence-electron chi connectivity index (χ1n) is 6.56. The van der Waals surface area contributed by atoms with Gasteiger partial charge in [-0.25, -0.2) is 4.98 Å². The molecule has 0 radical (unpaired) electrons. The van der Waals surface area contributed by atoms with E-state index in [1.165, 1.54) is 11.3 Å². The normalized spacial score (nSPS) is 21.7. The second-order valence-electron chi connectivity index (χ2n) is 5.50. The van der Waals surface area contributed by atoms with Crippen molar-refractivity contribution in [3.63, 3.8) is 0 Å². The van der Waals surface area contributed by atoms with Crippen LogP contribution in [0.25, 0.3) is 0 Å². The number of aromatic nitrogens is 1. The summed E-state index contributed by atoms with van der Waals surface area (Å²) in [6.07, 6.45) is 2.42. The van der Waals surface area contributed by atoms with Crippen LogP contribution in [0.15, 0.2) is 5.38 Å². The minimum absolute atomic E-state index is 0.0245. The quantitative estimate of drug-likeness (QED) is 0.840. The van der Waals surface area contributed by atoms with Crippen LogP contribution in [0.4, 0.5) is 0 Å². The van der Waals surface area contributed by atoms with E-state index in [4.69, 9.17) is 0 Å². The van der Waals surface area contributed by atoms with Crippen LogP contribution < -0.4 is 5.32 Å². The lowest BCUT2D eigenvalue weighted by Gasteiger charge is -2.37. The Morgan fingerprint density at radius 3 is 2.74 bits per heavy atom. The number of carbonyl (C=O) groups is 2. The van der Waals surface area contributed by atoms with Gasteiger partial charge in [0, 0.05) is 31.4 Å². The van der Waals surface area contributed by atoms with E-state index in [2.05, 4.69) is 10.3 Å². The Labute approximate surface area is 116 Å². The third kappa shape index (κ3) is 2.36. The third-order valence-corrected chi connectivity index (χ3v) is 4.92. The van der Waals surface area contributed by atoms with Gasteiger partial charge in [-0.1, -0.05) is 0 Å². The summed E-state index contributed by atoms with van der Waals surface area (Å²) in [5.41, 5.74) is 0.644. The second kappa shape index (κ2) is 4.59. The van der Waals surface area contributed by atoms with Crippen molar-refractivity contribution in [1.82, 2.24) is 15.2 Å². The fourth-order valence-corrected chi connectivity index (χ4v) is 3.50. The molecule has 0 bridgehead atoms. The molecule has 19 heavy (non-hydrogen) atoms. The lowest BCUT2D eigenvalue weighted by Crippen LogP contribution is -2.44. The Balaban J connectivity index is 1.64. The lowest BCUT2D eigenvalue weighted by atomic mass is 9.77. The Hall–Kier alpha value is -1.43. The predicted molar refractivity (Wildman–Crippen MR) is 72.0 cm³/mol. The number of hydrogen-bond acceptors (Lipinski definition) is 4. The van der Waals surface area contributed by atoms with Gasteiger partial charge in [-0.3, -0.25) is 9.59 Å². The van der Waals surface area contributed by atoms with Gasteiger partial charge in [0.25, 0.3) is 5.91 Å². The van der Waals surface area contributed by atoms with Crippen LogP contribution in [0, 0.1) is 12.3 Å². The van der Waals surface area contributed by atoms with Gasteiger partial charge >= 0.3 is 0 Å². The van der Waals surface area contributed by atoms with E-state index in [0.717, 1.165) is 37.5 Å². The first-order valence-corrected chi connectivity index (χ1v) is 7.44. The molecule has 2 aliphatic heterocycles. The maximum absolute atomic E-state index is 12.3. The van der Waals surface area contributed by atoms with Crippen LogP contribution in [-0.4, -0.2) is 41.3 Å². The number of aryl methyl sites for hydroxylation is 1. The highest BCUT2D eigenvalue weighted by molar-refractivity contribution is 7.09.